The fourth-order valence-corrected chi connectivity index (χ4v) is 2.73. The quantitative estimate of drug-likeness (QED) is 0.141. The number of hydrogen-bond donors (Lipinski definition) is 1. The Kier molecular flexibility index (Phi) is 9.39. The fourth-order valence-electron chi connectivity index (χ4n) is 2.26. The van der Waals surface area contributed by atoms with Gasteiger partial charge in [0.25, 0.3) is 0 Å². The summed E-state index contributed by atoms with van der Waals surface area (Å²) in [6, 6.07) is 6.60. The van der Waals surface area contributed by atoms with Crippen LogP contribution in [0.25, 0.3) is 0 Å². The highest BCUT2D eigenvalue weighted by Crippen LogP contribution is 2.42. The van der Waals surface area contributed by atoms with E-state index in [1.807, 2.05) is 0 Å². The molecule has 1 amide bonds. The first kappa shape index (κ1) is 32.1. The van der Waals surface area contributed by atoms with Crippen LogP contribution in [-0.4, -0.2) is 60.8 Å². The third kappa shape index (κ3) is 7.31. The molecule has 1 aromatic rings. The molecule has 37 heavy (non-hydrogen) atoms. The molecule has 0 spiro atoms. The molecule has 1 unspecified atom stereocenters. The summed E-state index contributed by atoms with van der Waals surface area (Å²) >= 11 is 0. The molecule has 1 aromatic carbocycles. The van der Waals surface area contributed by atoms with E-state index in [1.165, 1.54) is 35.6 Å². The smallest absolute Gasteiger partial charge is 0.466 e. The van der Waals surface area contributed by atoms with Gasteiger partial charge in [-0.15, -0.1) is 0 Å². The van der Waals surface area contributed by atoms with E-state index >= 15 is 0 Å². The normalized spacial score (nSPS) is 15.0. The van der Waals surface area contributed by atoms with Crippen molar-refractivity contribution in [2.75, 3.05) is 6.61 Å². The van der Waals surface area contributed by atoms with Crippen LogP contribution in [0.5, 0.6) is 0 Å². The Bertz CT molecular complexity index is 1100. The molecular weight excluding hydrogens is 564 g/mol. The highest BCUT2D eigenvalue weighted by Gasteiger charge is 2.68. The third-order valence-electron chi connectivity index (χ3n) is 4.25. The van der Waals surface area contributed by atoms with Crippen LogP contribution in [0.1, 0.15) is 12.0 Å². The maximum absolute atomic E-state index is 13.9. The van der Waals surface area contributed by atoms with Gasteiger partial charge in [0, 0.05) is 13.0 Å². The molecule has 0 aliphatic heterocycles. The first-order valence-electron chi connectivity index (χ1n) is 9.23. The topological polar surface area (TPSA) is 122 Å². The summed E-state index contributed by atoms with van der Waals surface area (Å²) in [6.07, 6.45) is -14.7. The lowest BCUT2D eigenvalue weighted by Gasteiger charge is -2.34. The number of benzene rings is 1. The van der Waals surface area contributed by atoms with Crippen molar-refractivity contribution in [1.82, 2.24) is 5.32 Å². The van der Waals surface area contributed by atoms with E-state index in [0.717, 1.165) is 0 Å². The third-order valence-corrected chi connectivity index (χ3v) is 5.18. The molecule has 0 saturated carbocycles. The van der Waals surface area contributed by atoms with Crippen molar-refractivity contribution in [3.8, 4) is 0 Å². The zero-order valence-electron chi connectivity index (χ0n) is 17.8. The predicted molar refractivity (Wildman–Crippen MR) is 98.5 cm³/mol. The van der Waals surface area contributed by atoms with Crippen molar-refractivity contribution in [2.45, 2.75) is 42.3 Å². The van der Waals surface area contributed by atoms with Crippen molar-refractivity contribution < 1.29 is 75.9 Å². The summed E-state index contributed by atoms with van der Waals surface area (Å²) in [5.74, 6) is -16.6. The Morgan fingerprint density at radius 2 is 1.46 bits per heavy atom. The van der Waals surface area contributed by atoms with Gasteiger partial charge >= 0.3 is 41.2 Å². The van der Waals surface area contributed by atoms with Crippen molar-refractivity contribution in [2.24, 2.45) is 0 Å². The van der Waals surface area contributed by atoms with Crippen molar-refractivity contribution in [3.05, 3.63) is 48.0 Å². The summed E-state index contributed by atoms with van der Waals surface area (Å²) in [7, 11) is -7.07. The van der Waals surface area contributed by atoms with Crippen molar-refractivity contribution >= 4 is 22.0 Å². The Labute approximate surface area is 201 Å². The lowest BCUT2D eigenvalue weighted by Crippen LogP contribution is -2.62. The van der Waals surface area contributed by atoms with Crippen molar-refractivity contribution in [3.63, 3.8) is 0 Å². The minimum absolute atomic E-state index is 0.0739. The van der Waals surface area contributed by atoms with Gasteiger partial charge in [-0.25, -0.2) is 13.2 Å². The second kappa shape index (κ2) is 10.8. The van der Waals surface area contributed by atoms with Gasteiger partial charge < -0.3 is 19.3 Å². The average Bonchev–Trinajstić information content (AvgIpc) is 2.74. The maximum atomic E-state index is 13.9. The maximum Gasteiger partial charge on any atom is 0.466 e. The Hall–Kier alpha value is -2.93. The highest BCUT2D eigenvalue weighted by molar-refractivity contribution is 7.86. The van der Waals surface area contributed by atoms with Gasteiger partial charge in [0.05, 0.1) is 6.61 Å². The number of rotatable bonds is 11. The summed E-state index contributed by atoms with van der Waals surface area (Å²) in [5.41, 5.74) is -2.53. The number of nitrogens with one attached hydrogen (secondary N) is 1. The van der Waals surface area contributed by atoms with Crippen LogP contribution in [0, 0.1) is 0 Å². The molecule has 0 aromatic heterocycles. The molecule has 0 bridgehead atoms. The lowest BCUT2D eigenvalue weighted by atomic mass is 10.2. The number of carbonyl (C=O) groups is 2. The van der Waals surface area contributed by atoms with Gasteiger partial charge in [0.1, 0.15) is 5.57 Å². The first-order valence-corrected chi connectivity index (χ1v) is 10.6. The molecule has 0 radical (unpaired) electrons. The fraction of sp³-hybridized carbons (Fsp3) is 0.444. The van der Waals surface area contributed by atoms with Gasteiger partial charge in [-0.3, -0.25) is 4.79 Å². The number of hydrogen-bond acceptors (Lipinski definition) is 7. The van der Waals surface area contributed by atoms with Gasteiger partial charge in [-0.05, 0) is 5.56 Å². The van der Waals surface area contributed by atoms with Crippen LogP contribution in [0.3, 0.4) is 0 Å². The summed E-state index contributed by atoms with van der Waals surface area (Å²) in [4.78, 5) is 24.1. The van der Waals surface area contributed by atoms with Crippen LogP contribution in [0.15, 0.2) is 42.5 Å². The molecule has 1 atom stereocenters. The largest absolute Gasteiger partial charge is 0.743 e. The van der Waals surface area contributed by atoms with Gasteiger partial charge in [0.2, 0.25) is 0 Å². The van der Waals surface area contributed by atoms with Gasteiger partial charge in [-0.1, -0.05) is 36.9 Å². The molecule has 1 N–H and O–H groups in total. The zero-order chi connectivity index (χ0) is 29.1. The minimum atomic E-state index is -7.07. The Morgan fingerprint density at radius 3 is 1.89 bits per heavy atom. The van der Waals surface area contributed by atoms with E-state index in [-0.39, 0.29) is 5.56 Å². The van der Waals surface area contributed by atoms with Crippen LogP contribution in [0.4, 0.5) is 43.9 Å². The molecular formula is C18H14F10NO7S-. The molecule has 19 heteroatoms. The number of halogens is 10. The molecule has 0 fully saturated rings. The van der Waals surface area contributed by atoms with E-state index in [0.29, 0.717) is 0 Å². The predicted octanol–water partition coefficient (Wildman–Crippen LogP) is 3.40. The van der Waals surface area contributed by atoms with E-state index in [4.69, 9.17) is 0 Å². The number of esters is 1. The van der Waals surface area contributed by atoms with E-state index < -0.39 is 76.5 Å². The van der Waals surface area contributed by atoms with Crippen LogP contribution in [0.2, 0.25) is 0 Å². The van der Waals surface area contributed by atoms with E-state index in [2.05, 4.69) is 16.1 Å². The standard InChI is InChI=1S/C18H15F10NO7S/c1-10(16(21,22)23)12(30)36-15(17(24,25)26,13(31)29-9-11-5-3-2-4-6-11)35-8-7-14(19,20)18(27,28)37(32,33)34/h2-6H,1,7-9H2,(H,29,31)(H,32,33,34)/p-1. The van der Waals surface area contributed by atoms with Crippen LogP contribution >= 0.6 is 0 Å². The molecule has 1 rings (SSSR count). The molecule has 0 aliphatic carbocycles. The van der Waals surface area contributed by atoms with Crippen molar-refractivity contribution in [1.29, 1.82) is 0 Å². The monoisotopic (exact) mass is 578 g/mol. The van der Waals surface area contributed by atoms with Crippen LogP contribution < -0.4 is 5.32 Å². The SMILES string of the molecule is C=C(C(=O)OC(OCCC(F)(F)C(F)(F)S(=O)(=O)[O-])(C(=O)NCc1ccccc1)C(F)(F)F)C(F)(F)F. The molecule has 0 saturated heterocycles. The number of ether oxygens (including phenoxy) is 2. The zero-order valence-corrected chi connectivity index (χ0v) is 18.6. The van der Waals surface area contributed by atoms with E-state index in [9.17, 15) is 66.5 Å². The molecule has 0 aliphatic rings. The summed E-state index contributed by atoms with van der Waals surface area (Å²) in [5, 5.41) is -4.90. The number of alkyl halides is 10. The second-order valence-electron chi connectivity index (χ2n) is 6.92. The van der Waals surface area contributed by atoms with E-state index in [1.54, 1.807) is 0 Å². The second-order valence-corrected chi connectivity index (χ2v) is 8.34. The highest BCUT2D eigenvalue weighted by atomic mass is 32.2. The molecule has 8 nitrogen and oxygen atoms in total. The first-order chi connectivity index (χ1) is 16.5. The van der Waals surface area contributed by atoms with Gasteiger partial charge in [0.15, 0.2) is 10.1 Å². The number of carbonyl (C=O) groups excluding carboxylic acids is 2. The summed E-state index contributed by atoms with van der Waals surface area (Å²) < 4.78 is 172. The minimum Gasteiger partial charge on any atom is -0.743 e. The Morgan fingerprint density at radius 1 is 0.946 bits per heavy atom. The number of amides is 1. The Balaban J connectivity index is 3.40. The average molecular weight is 578 g/mol. The molecule has 210 valence electrons. The van der Waals surface area contributed by atoms with Crippen LogP contribution in [-0.2, 0) is 35.7 Å². The van der Waals surface area contributed by atoms with Gasteiger partial charge in [-0.2, -0.15) is 43.9 Å². The summed E-state index contributed by atoms with van der Waals surface area (Å²) in [6.45, 7) is -1.06. The lowest BCUT2D eigenvalue weighted by molar-refractivity contribution is -0.350. The molecule has 0 heterocycles.